The lowest BCUT2D eigenvalue weighted by Crippen LogP contribution is -2.38. The molecule has 1 aliphatic heterocycles. The molecule has 19 heavy (non-hydrogen) atoms. The zero-order valence-electron chi connectivity index (χ0n) is 10.5. The summed E-state index contributed by atoms with van der Waals surface area (Å²) in [5.41, 5.74) is 2.19. The Morgan fingerprint density at radius 3 is 3.11 bits per heavy atom. The molecular weight excluding hydrogens is 244 g/mol. The second-order valence-electron chi connectivity index (χ2n) is 4.51. The van der Waals surface area contributed by atoms with Crippen molar-refractivity contribution in [3.05, 3.63) is 41.5 Å². The maximum Gasteiger partial charge on any atom is 0.246 e. The molecule has 0 fully saturated rings. The van der Waals surface area contributed by atoms with Crippen LogP contribution in [0.15, 0.2) is 28.8 Å². The predicted molar refractivity (Wildman–Crippen MR) is 68.4 cm³/mol. The van der Waals surface area contributed by atoms with Crippen LogP contribution >= 0.6 is 0 Å². The van der Waals surface area contributed by atoms with Crippen molar-refractivity contribution in [2.75, 3.05) is 5.32 Å². The van der Waals surface area contributed by atoms with Gasteiger partial charge in [-0.15, -0.1) is 0 Å². The Labute approximate surface area is 110 Å². The SMILES string of the molecule is Cc1noc(CNC(=O)C2Cc3ccccc3N2)n1. The Bertz CT molecular complexity index is 583. The Morgan fingerprint density at radius 2 is 2.37 bits per heavy atom. The lowest BCUT2D eigenvalue weighted by Gasteiger charge is -2.10. The number of amides is 1. The number of aryl methyl sites for hydroxylation is 1. The summed E-state index contributed by atoms with van der Waals surface area (Å²) in [5, 5.41) is 9.66. The molecule has 1 atom stereocenters. The van der Waals surface area contributed by atoms with Crippen molar-refractivity contribution in [3.63, 3.8) is 0 Å². The van der Waals surface area contributed by atoms with E-state index < -0.39 is 0 Å². The summed E-state index contributed by atoms with van der Waals surface area (Å²) >= 11 is 0. The highest BCUT2D eigenvalue weighted by atomic mass is 16.5. The average molecular weight is 258 g/mol. The normalized spacial score (nSPS) is 16.8. The van der Waals surface area contributed by atoms with E-state index in [-0.39, 0.29) is 18.5 Å². The van der Waals surface area contributed by atoms with Crippen LogP contribution in [-0.4, -0.2) is 22.1 Å². The van der Waals surface area contributed by atoms with Crippen molar-refractivity contribution in [1.82, 2.24) is 15.5 Å². The summed E-state index contributed by atoms with van der Waals surface area (Å²) in [6.45, 7) is 2.00. The molecule has 98 valence electrons. The highest BCUT2D eigenvalue weighted by molar-refractivity contribution is 5.87. The summed E-state index contributed by atoms with van der Waals surface area (Å²) in [6.07, 6.45) is 0.699. The number of aromatic nitrogens is 2. The fourth-order valence-electron chi connectivity index (χ4n) is 2.15. The Morgan fingerprint density at radius 1 is 1.53 bits per heavy atom. The summed E-state index contributed by atoms with van der Waals surface area (Å²) in [4.78, 5) is 16.1. The minimum Gasteiger partial charge on any atom is -0.373 e. The van der Waals surface area contributed by atoms with Gasteiger partial charge in [0.1, 0.15) is 6.04 Å². The second-order valence-corrected chi connectivity index (χ2v) is 4.51. The first kappa shape index (κ1) is 11.7. The van der Waals surface area contributed by atoms with Gasteiger partial charge in [-0.05, 0) is 18.6 Å². The van der Waals surface area contributed by atoms with E-state index in [9.17, 15) is 4.79 Å². The maximum absolute atomic E-state index is 12.0. The van der Waals surface area contributed by atoms with E-state index in [0.29, 0.717) is 18.1 Å². The van der Waals surface area contributed by atoms with Crippen molar-refractivity contribution in [2.45, 2.75) is 25.9 Å². The van der Waals surface area contributed by atoms with Gasteiger partial charge in [-0.1, -0.05) is 23.4 Å². The van der Waals surface area contributed by atoms with Gasteiger partial charge in [0.05, 0.1) is 6.54 Å². The van der Waals surface area contributed by atoms with Crippen LogP contribution in [0.25, 0.3) is 0 Å². The minimum atomic E-state index is -0.235. The van der Waals surface area contributed by atoms with Crippen LogP contribution in [0.2, 0.25) is 0 Å². The first-order valence-electron chi connectivity index (χ1n) is 6.14. The molecule has 0 aliphatic carbocycles. The highest BCUT2D eigenvalue weighted by Gasteiger charge is 2.26. The van der Waals surface area contributed by atoms with Gasteiger partial charge < -0.3 is 15.2 Å². The molecule has 6 nitrogen and oxygen atoms in total. The summed E-state index contributed by atoms with van der Waals surface area (Å²) in [5.74, 6) is 0.920. The monoisotopic (exact) mass is 258 g/mol. The van der Waals surface area contributed by atoms with Crippen molar-refractivity contribution in [2.24, 2.45) is 0 Å². The molecule has 6 heteroatoms. The average Bonchev–Trinajstić information content (AvgIpc) is 3.01. The maximum atomic E-state index is 12.0. The number of hydrogen-bond donors (Lipinski definition) is 2. The van der Waals surface area contributed by atoms with Gasteiger partial charge >= 0.3 is 0 Å². The van der Waals surface area contributed by atoms with Gasteiger partial charge in [-0.25, -0.2) is 0 Å². The summed E-state index contributed by atoms with van der Waals surface area (Å²) in [7, 11) is 0. The third-order valence-corrected chi connectivity index (χ3v) is 3.07. The molecule has 0 radical (unpaired) electrons. The largest absolute Gasteiger partial charge is 0.373 e. The predicted octanol–water partition coefficient (Wildman–Crippen LogP) is 1.03. The molecule has 1 aromatic heterocycles. The molecule has 1 unspecified atom stereocenters. The van der Waals surface area contributed by atoms with Gasteiger partial charge in [0.15, 0.2) is 5.82 Å². The van der Waals surface area contributed by atoms with Gasteiger partial charge in [0, 0.05) is 12.1 Å². The standard InChI is InChI=1S/C13H14N4O2/c1-8-15-12(19-17-8)7-14-13(18)11-6-9-4-2-3-5-10(9)16-11/h2-5,11,16H,6-7H2,1H3,(H,14,18). The van der Waals surface area contributed by atoms with Crippen LogP contribution in [0.1, 0.15) is 17.3 Å². The van der Waals surface area contributed by atoms with Gasteiger partial charge in [0.2, 0.25) is 11.8 Å². The zero-order valence-corrected chi connectivity index (χ0v) is 10.5. The number of anilines is 1. The van der Waals surface area contributed by atoms with E-state index in [1.165, 1.54) is 0 Å². The van der Waals surface area contributed by atoms with E-state index in [1.54, 1.807) is 6.92 Å². The van der Waals surface area contributed by atoms with Gasteiger partial charge in [-0.2, -0.15) is 4.98 Å². The Hall–Kier alpha value is -2.37. The number of nitrogens with one attached hydrogen (secondary N) is 2. The van der Waals surface area contributed by atoms with E-state index in [1.807, 2.05) is 24.3 Å². The quantitative estimate of drug-likeness (QED) is 0.859. The molecular formula is C13H14N4O2. The van der Waals surface area contributed by atoms with Gasteiger partial charge in [0.25, 0.3) is 0 Å². The van der Waals surface area contributed by atoms with Crippen LogP contribution in [0.3, 0.4) is 0 Å². The molecule has 1 amide bonds. The molecule has 0 bridgehead atoms. The minimum absolute atomic E-state index is 0.0629. The van der Waals surface area contributed by atoms with Crippen molar-refractivity contribution in [3.8, 4) is 0 Å². The summed E-state index contributed by atoms with van der Waals surface area (Å²) < 4.78 is 4.94. The van der Waals surface area contributed by atoms with E-state index in [0.717, 1.165) is 11.3 Å². The van der Waals surface area contributed by atoms with Crippen LogP contribution < -0.4 is 10.6 Å². The fourth-order valence-corrected chi connectivity index (χ4v) is 2.15. The number of fused-ring (bicyclic) bond motifs is 1. The molecule has 2 heterocycles. The van der Waals surface area contributed by atoms with Crippen molar-refractivity contribution < 1.29 is 9.32 Å². The Balaban J connectivity index is 1.58. The fraction of sp³-hybridized carbons (Fsp3) is 0.308. The number of carbonyl (C=O) groups excluding carboxylic acids is 1. The lowest BCUT2D eigenvalue weighted by molar-refractivity contribution is -0.122. The third-order valence-electron chi connectivity index (χ3n) is 3.07. The number of rotatable bonds is 3. The van der Waals surface area contributed by atoms with Crippen LogP contribution in [0.5, 0.6) is 0 Å². The zero-order chi connectivity index (χ0) is 13.2. The molecule has 2 N–H and O–H groups in total. The van der Waals surface area contributed by atoms with E-state index in [2.05, 4.69) is 20.8 Å². The van der Waals surface area contributed by atoms with Crippen molar-refractivity contribution >= 4 is 11.6 Å². The molecule has 1 aliphatic rings. The first-order chi connectivity index (χ1) is 9.22. The van der Waals surface area contributed by atoms with Crippen LogP contribution in [0.4, 0.5) is 5.69 Å². The van der Waals surface area contributed by atoms with E-state index >= 15 is 0 Å². The van der Waals surface area contributed by atoms with Gasteiger partial charge in [-0.3, -0.25) is 4.79 Å². The molecule has 1 aromatic carbocycles. The first-order valence-corrected chi connectivity index (χ1v) is 6.14. The lowest BCUT2D eigenvalue weighted by atomic mass is 10.1. The topological polar surface area (TPSA) is 80.0 Å². The van der Waals surface area contributed by atoms with E-state index in [4.69, 9.17) is 4.52 Å². The van der Waals surface area contributed by atoms with Crippen LogP contribution in [0, 0.1) is 6.92 Å². The second kappa shape index (κ2) is 4.72. The smallest absolute Gasteiger partial charge is 0.246 e. The molecule has 2 aromatic rings. The number of carbonyl (C=O) groups is 1. The number of hydrogen-bond acceptors (Lipinski definition) is 5. The number of para-hydroxylation sites is 1. The molecule has 0 saturated heterocycles. The Kier molecular flexibility index (Phi) is 2.91. The number of benzene rings is 1. The molecule has 0 saturated carbocycles. The van der Waals surface area contributed by atoms with Crippen LogP contribution in [-0.2, 0) is 17.8 Å². The summed E-state index contributed by atoms with van der Waals surface area (Å²) in [6, 6.07) is 7.69. The third kappa shape index (κ3) is 2.42. The van der Waals surface area contributed by atoms with Crippen molar-refractivity contribution in [1.29, 1.82) is 0 Å². The molecule has 0 spiro atoms. The highest BCUT2D eigenvalue weighted by Crippen LogP contribution is 2.25. The number of nitrogens with zero attached hydrogens (tertiary/aromatic N) is 2. The molecule has 3 rings (SSSR count).